The van der Waals surface area contributed by atoms with Gasteiger partial charge in [0.05, 0.1) is 54.6 Å². The largest absolute Gasteiger partial charge is 0.453 e. The molecule has 4 aromatic heterocycles. The fourth-order valence-electron chi connectivity index (χ4n) is 11.8. The summed E-state index contributed by atoms with van der Waals surface area (Å²) < 4.78 is 45.7. The van der Waals surface area contributed by atoms with Crippen molar-refractivity contribution in [1.29, 1.82) is 0 Å². The van der Waals surface area contributed by atoms with Crippen LogP contribution in [-0.2, 0) is 9.84 Å². The number of anilines is 6. The molecule has 81 heavy (non-hydrogen) atoms. The summed E-state index contributed by atoms with van der Waals surface area (Å²) in [6, 6.07) is 84.3. The van der Waals surface area contributed by atoms with Gasteiger partial charge in [-0.05, 0) is 169 Å². The molecule has 10 nitrogen and oxygen atoms in total. The number of para-hydroxylation sites is 10. The van der Waals surface area contributed by atoms with E-state index in [1.54, 1.807) is 24.3 Å². The third-order valence-corrected chi connectivity index (χ3v) is 17.4. The summed E-state index contributed by atoms with van der Waals surface area (Å²) in [5, 5.41) is 4.34. The van der Waals surface area contributed by atoms with Crippen LogP contribution in [0.15, 0.2) is 277 Å². The summed E-state index contributed by atoms with van der Waals surface area (Å²) in [4.78, 5) is 14.7. The second-order valence-corrected chi connectivity index (χ2v) is 22.2. The Morgan fingerprint density at radius 2 is 0.642 bits per heavy atom. The molecule has 0 unspecified atom stereocenters. The summed E-state index contributed by atoms with van der Waals surface area (Å²) in [5.41, 5.74) is 13.5. The fourth-order valence-corrected chi connectivity index (χ4v) is 13.1. The van der Waals surface area contributed by atoms with Crippen molar-refractivity contribution >= 4 is 87.8 Å². The van der Waals surface area contributed by atoms with Crippen molar-refractivity contribution in [2.45, 2.75) is 9.79 Å². The van der Waals surface area contributed by atoms with Crippen LogP contribution in [0.25, 0.3) is 77.2 Å². The molecule has 14 aromatic rings. The van der Waals surface area contributed by atoms with E-state index in [0.29, 0.717) is 0 Å². The average Bonchev–Trinajstić information content (AvgIpc) is 4.30. The molecule has 0 aliphatic carbocycles. The zero-order valence-electron chi connectivity index (χ0n) is 43.1. The Morgan fingerprint density at radius 1 is 0.309 bits per heavy atom. The van der Waals surface area contributed by atoms with E-state index in [0.717, 1.165) is 135 Å². The molecule has 0 bridgehead atoms. The SMILES string of the molecule is O=S(=O)(c1ccc(-n2c3ccccc3c3cc(-c4ccc(N5c6ccccc6Oc6ccccc65)nc4)ccc32)cc1)c1ccc(-n2c3ccccc3c3cc(-c4ccc(N5c6ccccc6Oc6ccccc65)nc4)ccc32)cc1. The van der Waals surface area contributed by atoms with Crippen LogP contribution in [-0.4, -0.2) is 27.5 Å². The van der Waals surface area contributed by atoms with Gasteiger partial charge in [0.2, 0.25) is 9.84 Å². The van der Waals surface area contributed by atoms with Crippen LogP contribution in [0.2, 0.25) is 0 Å². The Morgan fingerprint density at radius 3 is 1.01 bits per heavy atom. The Bertz CT molecular complexity index is 4560. The molecular formula is C70H44N6O4S. The number of fused-ring (bicyclic) bond motifs is 10. The highest BCUT2D eigenvalue weighted by atomic mass is 32.2. The zero-order valence-corrected chi connectivity index (χ0v) is 43.9. The van der Waals surface area contributed by atoms with Gasteiger partial charge in [-0.25, -0.2) is 18.4 Å². The minimum absolute atomic E-state index is 0.216. The molecule has 2 aliphatic heterocycles. The second-order valence-electron chi connectivity index (χ2n) is 20.2. The molecule has 0 spiro atoms. The van der Waals surface area contributed by atoms with Crippen molar-refractivity contribution in [1.82, 2.24) is 19.1 Å². The van der Waals surface area contributed by atoms with Crippen LogP contribution < -0.4 is 19.3 Å². The van der Waals surface area contributed by atoms with E-state index in [-0.39, 0.29) is 9.79 Å². The highest BCUT2D eigenvalue weighted by molar-refractivity contribution is 7.91. The standard InChI is InChI=1S/C70H44N6O4S/c77-81(78,51-33-29-49(30-34-51)73-57-15-3-1-13-53(57)55-41-45(25-37-59(55)73)47-27-39-69(71-43-47)75-61-17-5-9-21-65(61)79-66-22-10-6-18-62(66)75)52-35-31-50(32-36-52)74-58-16-4-2-14-54(58)56-42-46(26-38-60(56)74)48-28-40-70(72-44-48)76-63-19-7-11-23-67(63)80-68-24-12-8-20-64(68)76/h1-44H. The van der Waals surface area contributed by atoms with Crippen molar-refractivity contribution in [3.05, 3.63) is 267 Å². The lowest BCUT2D eigenvalue weighted by molar-refractivity contribution is 0.476. The molecule has 0 saturated carbocycles. The van der Waals surface area contributed by atoms with Gasteiger partial charge in [-0.1, -0.05) is 97.1 Å². The topological polar surface area (TPSA) is 94.7 Å². The maximum Gasteiger partial charge on any atom is 0.206 e. The van der Waals surface area contributed by atoms with Crippen molar-refractivity contribution in [3.63, 3.8) is 0 Å². The van der Waals surface area contributed by atoms with Crippen LogP contribution in [0.4, 0.5) is 34.4 Å². The lowest BCUT2D eigenvalue weighted by atomic mass is 10.0. The van der Waals surface area contributed by atoms with E-state index in [2.05, 4.69) is 116 Å². The predicted molar refractivity (Wildman–Crippen MR) is 323 cm³/mol. The van der Waals surface area contributed by atoms with Crippen LogP contribution in [0.1, 0.15) is 0 Å². The number of rotatable bonds is 8. The van der Waals surface area contributed by atoms with E-state index < -0.39 is 9.84 Å². The smallest absolute Gasteiger partial charge is 0.206 e. The number of hydrogen-bond donors (Lipinski definition) is 0. The van der Waals surface area contributed by atoms with Gasteiger partial charge in [0, 0.05) is 56.4 Å². The Hall–Kier alpha value is -10.8. The molecule has 0 fully saturated rings. The summed E-state index contributed by atoms with van der Waals surface area (Å²) in [6.07, 6.45) is 3.85. The molecule has 2 aliphatic rings. The summed E-state index contributed by atoms with van der Waals surface area (Å²) in [7, 11) is -3.88. The number of aromatic nitrogens is 4. The zero-order chi connectivity index (χ0) is 53.8. The third-order valence-electron chi connectivity index (χ3n) is 15.6. The van der Waals surface area contributed by atoms with E-state index in [4.69, 9.17) is 19.4 Å². The fraction of sp³-hybridized carbons (Fsp3) is 0. The first-order chi connectivity index (χ1) is 39.9. The van der Waals surface area contributed by atoms with Crippen LogP contribution >= 0.6 is 0 Å². The maximum absolute atomic E-state index is 14.4. The predicted octanol–water partition coefficient (Wildman–Crippen LogP) is 18.0. The number of nitrogens with zero attached hydrogens (tertiary/aromatic N) is 6. The molecule has 0 saturated heterocycles. The van der Waals surface area contributed by atoms with Crippen LogP contribution in [0.5, 0.6) is 23.0 Å². The number of benzene rings is 10. The number of hydrogen-bond acceptors (Lipinski definition) is 8. The molecule has 16 rings (SSSR count). The molecule has 11 heteroatoms. The van der Waals surface area contributed by atoms with Gasteiger partial charge in [0.15, 0.2) is 23.0 Å². The van der Waals surface area contributed by atoms with Gasteiger partial charge in [0.1, 0.15) is 11.6 Å². The van der Waals surface area contributed by atoms with Crippen molar-refractivity contribution in [2.24, 2.45) is 0 Å². The molecule has 6 heterocycles. The van der Waals surface area contributed by atoms with Gasteiger partial charge in [-0.3, -0.25) is 9.80 Å². The highest BCUT2D eigenvalue weighted by Crippen LogP contribution is 2.51. The quantitative estimate of drug-likeness (QED) is 0.149. The summed E-state index contributed by atoms with van der Waals surface area (Å²) in [6.45, 7) is 0. The molecule has 0 radical (unpaired) electrons. The normalized spacial score (nSPS) is 12.7. The number of ether oxygens (including phenoxy) is 2. The Labute approximate surface area is 465 Å². The molecule has 0 amide bonds. The Kier molecular flexibility index (Phi) is 10.4. The van der Waals surface area contributed by atoms with Crippen molar-refractivity contribution in [2.75, 3.05) is 9.80 Å². The summed E-state index contributed by atoms with van der Waals surface area (Å²) >= 11 is 0. The van der Waals surface area contributed by atoms with Gasteiger partial charge >= 0.3 is 0 Å². The molecule has 0 atom stereocenters. The van der Waals surface area contributed by atoms with E-state index in [9.17, 15) is 8.42 Å². The second kappa shape index (κ2) is 18.2. The Balaban J connectivity index is 0.675. The van der Waals surface area contributed by atoms with Crippen LogP contribution in [0, 0.1) is 0 Å². The summed E-state index contributed by atoms with van der Waals surface area (Å²) in [5.74, 6) is 4.69. The molecule has 0 N–H and O–H groups in total. The minimum Gasteiger partial charge on any atom is -0.453 e. The molecular weight excluding hydrogens is 1020 g/mol. The first-order valence-corrected chi connectivity index (χ1v) is 28.2. The minimum atomic E-state index is -3.88. The molecule has 384 valence electrons. The highest BCUT2D eigenvalue weighted by Gasteiger charge is 2.28. The van der Waals surface area contributed by atoms with Crippen molar-refractivity contribution < 1.29 is 17.9 Å². The monoisotopic (exact) mass is 1060 g/mol. The average molecular weight is 1070 g/mol. The lowest BCUT2D eigenvalue weighted by Crippen LogP contribution is -2.16. The lowest BCUT2D eigenvalue weighted by Gasteiger charge is -2.31. The van der Waals surface area contributed by atoms with E-state index in [1.165, 1.54) is 0 Å². The maximum atomic E-state index is 14.4. The molecule has 10 aromatic carbocycles. The number of sulfone groups is 1. The van der Waals surface area contributed by atoms with Crippen LogP contribution in [0.3, 0.4) is 0 Å². The van der Waals surface area contributed by atoms with Gasteiger partial charge < -0.3 is 18.6 Å². The van der Waals surface area contributed by atoms with Gasteiger partial charge in [0.25, 0.3) is 0 Å². The number of pyridine rings is 2. The van der Waals surface area contributed by atoms with E-state index >= 15 is 0 Å². The first kappa shape index (κ1) is 46.4. The third kappa shape index (κ3) is 7.43. The van der Waals surface area contributed by atoms with Gasteiger partial charge in [-0.15, -0.1) is 0 Å². The van der Waals surface area contributed by atoms with Gasteiger partial charge in [-0.2, -0.15) is 0 Å². The first-order valence-electron chi connectivity index (χ1n) is 26.7. The van der Waals surface area contributed by atoms with Crippen molar-refractivity contribution in [3.8, 4) is 56.6 Å². The van der Waals surface area contributed by atoms with E-state index in [1.807, 2.05) is 146 Å².